The summed E-state index contributed by atoms with van der Waals surface area (Å²) in [6.45, 7) is 6.18. The van der Waals surface area contributed by atoms with Crippen LogP contribution in [-0.4, -0.2) is 26.3 Å². The summed E-state index contributed by atoms with van der Waals surface area (Å²) in [4.78, 5) is 22.1. The van der Waals surface area contributed by atoms with E-state index in [0.717, 1.165) is 6.07 Å². The fraction of sp³-hybridized carbons (Fsp3) is 0.385. The first-order valence-corrected chi connectivity index (χ1v) is 7.12. The lowest BCUT2D eigenvalue weighted by Crippen LogP contribution is -2.24. The molecule has 0 saturated carbocycles. The Morgan fingerprint density at radius 2 is 1.85 bits per heavy atom. The minimum Gasteiger partial charge on any atom is -0.456 e. The van der Waals surface area contributed by atoms with Gasteiger partial charge >= 0.3 is 16.2 Å². The highest BCUT2D eigenvalue weighted by molar-refractivity contribution is 7.86. The average molecular weight is 302 g/mol. The van der Waals surface area contributed by atoms with Crippen molar-refractivity contribution in [2.45, 2.75) is 38.2 Å². The van der Waals surface area contributed by atoms with Gasteiger partial charge in [0.1, 0.15) is 16.8 Å². The monoisotopic (exact) mass is 302 g/mol. The highest BCUT2D eigenvalue weighted by atomic mass is 32.3. The van der Waals surface area contributed by atoms with Gasteiger partial charge in [0.25, 0.3) is 0 Å². The van der Waals surface area contributed by atoms with Gasteiger partial charge in [-0.15, -0.1) is 3.89 Å². The van der Waals surface area contributed by atoms with Crippen molar-refractivity contribution >= 4 is 22.5 Å². The van der Waals surface area contributed by atoms with Crippen molar-refractivity contribution in [2.75, 3.05) is 0 Å². The number of carbonyl (C=O) groups excluding carboxylic acids is 2. The van der Waals surface area contributed by atoms with Crippen LogP contribution in [0.15, 0.2) is 17.0 Å². The molecule has 7 heteroatoms. The lowest BCUT2D eigenvalue weighted by atomic mass is 10.0. The Kier molecular flexibility index (Phi) is 4.33. The van der Waals surface area contributed by atoms with Gasteiger partial charge in [-0.2, -0.15) is 8.42 Å². The number of halogens is 1. The summed E-state index contributed by atoms with van der Waals surface area (Å²) in [7, 11) is -5.03. The van der Waals surface area contributed by atoms with E-state index in [1.807, 2.05) is 0 Å². The maximum absolute atomic E-state index is 13.2. The zero-order chi connectivity index (χ0) is 15.7. The van der Waals surface area contributed by atoms with E-state index in [-0.39, 0.29) is 16.7 Å². The Morgan fingerprint density at radius 3 is 2.25 bits per heavy atom. The second kappa shape index (κ2) is 5.32. The maximum Gasteiger partial charge on any atom is 0.338 e. The number of carbonyl (C=O) groups is 2. The molecule has 0 aromatic heterocycles. The van der Waals surface area contributed by atoms with Gasteiger partial charge in [-0.25, -0.2) is 4.79 Å². The molecule has 0 aliphatic carbocycles. The van der Waals surface area contributed by atoms with E-state index in [4.69, 9.17) is 4.74 Å². The molecule has 20 heavy (non-hydrogen) atoms. The van der Waals surface area contributed by atoms with Crippen LogP contribution in [-0.2, 0) is 15.0 Å². The molecule has 1 rings (SSSR count). The fourth-order valence-corrected chi connectivity index (χ4v) is 2.33. The topological polar surface area (TPSA) is 77.5 Å². The van der Waals surface area contributed by atoms with E-state index in [0.29, 0.717) is 6.29 Å². The van der Waals surface area contributed by atoms with Crippen molar-refractivity contribution in [1.29, 1.82) is 0 Å². The molecule has 0 unspecified atom stereocenters. The maximum atomic E-state index is 13.2. The molecule has 0 radical (unpaired) electrons. The molecule has 0 heterocycles. The summed E-state index contributed by atoms with van der Waals surface area (Å²) in [5.74, 6) is -0.816. The molecule has 1 aromatic carbocycles. The molecule has 0 aliphatic heterocycles. The van der Waals surface area contributed by atoms with Gasteiger partial charge in [0.05, 0.1) is 5.56 Å². The van der Waals surface area contributed by atoms with E-state index >= 15 is 0 Å². The predicted octanol–water partition coefficient (Wildman–Crippen LogP) is 2.42. The van der Waals surface area contributed by atoms with Crippen molar-refractivity contribution in [3.63, 3.8) is 0 Å². The molecule has 0 spiro atoms. The van der Waals surface area contributed by atoms with Crippen LogP contribution >= 0.6 is 0 Å². The summed E-state index contributed by atoms with van der Waals surface area (Å²) >= 11 is 0. The summed E-state index contributed by atoms with van der Waals surface area (Å²) in [6, 6.07) is 2.05. The van der Waals surface area contributed by atoms with Crippen molar-refractivity contribution in [2.24, 2.45) is 0 Å². The van der Waals surface area contributed by atoms with Crippen molar-refractivity contribution in [3.05, 3.63) is 28.8 Å². The number of hydrogen-bond acceptors (Lipinski definition) is 5. The van der Waals surface area contributed by atoms with Gasteiger partial charge in [0.15, 0.2) is 0 Å². The third-order valence-electron chi connectivity index (χ3n) is 2.40. The van der Waals surface area contributed by atoms with Crippen LogP contribution in [0.5, 0.6) is 0 Å². The molecular weight excluding hydrogens is 287 g/mol. The fourth-order valence-electron chi connectivity index (χ4n) is 1.58. The Balaban J connectivity index is 3.48. The first kappa shape index (κ1) is 16.3. The molecule has 0 atom stereocenters. The molecule has 110 valence electrons. The van der Waals surface area contributed by atoms with Gasteiger partial charge in [-0.05, 0) is 45.4 Å². The van der Waals surface area contributed by atoms with Gasteiger partial charge in [-0.3, -0.25) is 4.79 Å². The van der Waals surface area contributed by atoms with E-state index in [1.165, 1.54) is 13.0 Å². The van der Waals surface area contributed by atoms with Gasteiger partial charge in [0.2, 0.25) is 0 Å². The van der Waals surface area contributed by atoms with E-state index in [9.17, 15) is 21.9 Å². The standard InChI is InChI=1S/C13H15FO5S/c1-8-10(12(16)19-13(2,3)4)5-9(7-15)6-11(8)20(14,17)18/h5-7H,1-4H3. The molecule has 0 amide bonds. The summed E-state index contributed by atoms with van der Waals surface area (Å²) < 4.78 is 40.4. The second-order valence-corrected chi connectivity index (χ2v) is 6.56. The van der Waals surface area contributed by atoms with Crippen LogP contribution in [0.3, 0.4) is 0 Å². The highest BCUT2D eigenvalue weighted by Crippen LogP contribution is 2.24. The number of benzene rings is 1. The third kappa shape index (κ3) is 3.86. The van der Waals surface area contributed by atoms with Crippen LogP contribution in [0.4, 0.5) is 3.89 Å². The zero-order valence-electron chi connectivity index (χ0n) is 11.6. The molecule has 0 bridgehead atoms. The SMILES string of the molecule is Cc1c(C(=O)OC(C)(C)C)cc(C=O)cc1S(=O)(=O)F. The van der Waals surface area contributed by atoms with Crippen LogP contribution in [0, 0.1) is 6.92 Å². The van der Waals surface area contributed by atoms with Crippen molar-refractivity contribution in [3.8, 4) is 0 Å². The summed E-state index contributed by atoms with van der Waals surface area (Å²) in [5, 5.41) is 0. The van der Waals surface area contributed by atoms with Crippen LogP contribution in [0.1, 0.15) is 47.1 Å². The first-order valence-electron chi connectivity index (χ1n) is 5.73. The van der Waals surface area contributed by atoms with Crippen LogP contribution < -0.4 is 0 Å². The van der Waals surface area contributed by atoms with E-state index < -0.39 is 26.7 Å². The molecular formula is C13H15FO5S. The normalized spacial score (nSPS) is 12.1. The van der Waals surface area contributed by atoms with Crippen molar-refractivity contribution in [1.82, 2.24) is 0 Å². The number of aldehydes is 1. The smallest absolute Gasteiger partial charge is 0.338 e. The summed E-state index contributed by atoms with van der Waals surface area (Å²) in [5.41, 5.74) is -1.16. The molecule has 1 aromatic rings. The average Bonchev–Trinajstić information content (AvgIpc) is 2.25. The second-order valence-electron chi connectivity index (χ2n) is 5.25. The van der Waals surface area contributed by atoms with E-state index in [1.54, 1.807) is 20.8 Å². The van der Waals surface area contributed by atoms with Crippen LogP contribution in [0.25, 0.3) is 0 Å². The quantitative estimate of drug-likeness (QED) is 0.487. The molecule has 0 saturated heterocycles. The number of esters is 1. The first-order chi connectivity index (χ1) is 8.95. The minimum atomic E-state index is -5.03. The number of hydrogen-bond donors (Lipinski definition) is 0. The van der Waals surface area contributed by atoms with Gasteiger partial charge in [-0.1, -0.05) is 0 Å². The summed E-state index contributed by atoms with van der Waals surface area (Å²) in [6.07, 6.45) is 0.335. The Labute approximate surface area is 117 Å². The van der Waals surface area contributed by atoms with Gasteiger partial charge < -0.3 is 4.74 Å². The molecule has 5 nitrogen and oxygen atoms in total. The number of rotatable bonds is 3. The Morgan fingerprint density at radius 1 is 1.30 bits per heavy atom. The molecule has 0 aliphatic rings. The Hall–Kier alpha value is -1.76. The predicted molar refractivity (Wildman–Crippen MR) is 70.0 cm³/mol. The van der Waals surface area contributed by atoms with Crippen molar-refractivity contribution < 1.29 is 26.6 Å². The van der Waals surface area contributed by atoms with E-state index in [2.05, 4.69) is 0 Å². The molecule has 0 fully saturated rings. The molecule has 0 N–H and O–H groups in total. The number of ether oxygens (including phenoxy) is 1. The lowest BCUT2D eigenvalue weighted by Gasteiger charge is -2.20. The lowest BCUT2D eigenvalue weighted by molar-refractivity contribution is 0.00684. The largest absolute Gasteiger partial charge is 0.456 e. The minimum absolute atomic E-state index is 0.0904. The van der Waals surface area contributed by atoms with Crippen LogP contribution in [0.2, 0.25) is 0 Å². The highest BCUT2D eigenvalue weighted by Gasteiger charge is 2.25. The van der Waals surface area contributed by atoms with Gasteiger partial charge in [0, 0.05) is 5.56 Å². The third-order valence-corrected chi connectivity index (χ3v) is 3.35. The Bertz CT molecular complexity index is 656. The zero-order valence-corrected chi connectivity index (χ0v) is 12.4.